The maximum atomic E-state index is 11.8. The first-order valence-corrected chi connectivity index (χ1v) is 11.6. The number of phenolic OH excluding ortho intramolecular Hbond substituents is 1. The Hall–Kier alpha value is -1.84. The van der Waals surface area contributed by atoms with Gasteiger partial charge in [-0.1, -0.05) is 90.0 Å². The molecule has 1 aromatic rings. The van der Waals surface area contributed by atoms with Crippen molar-refractivity contribution in [1.82, 2.24) is 0 Å². The number of esters is 1. The van der Waals surface area contributed by atoms with E-state index in [1.807, 2.05) is 0 Å². The predicted molar refractivity (Wildman–Crippen MR) is 118 cm³/mol. The standard InChI is InChI=1S/C25H40O4/c1-2-3-4-5-6-7-8-9-10-11-12-13-14-15-25(28)29-19-18-22-16-17-24(27)23(20-22)21-26/h16-17,20-21,27H,2-15,18-19H2,1H3. The summed E-state index contributed by atoms with van der Waals surface area (Å²) in [7, 11) is 0. The van der Waals surface area contributed by atoms with Gasteiger partial charge in [0.1, 0.15) is 5.75 Å². The van der Waals surface area contributed by atoms with Crippen molar-refractivity contribution in [2.24, 2.45) is 0 Å². The zero-order chi connectivity index (χ0) is 21.2. The summed E-state index contributed by atoms with van der Waals surface area (Å²) in [6.07, 6.45) is 18.4. The molecule has 0 amide bonds. The largest absolute Gasteiger partial charge is 0.507 e. The molecule has 0 atom stereocenters. The number of rotatable bonds is 18. The second kappa shape index (κ2) is 17.1. The highest BCUT2D eigenvalue weighted by atomic mass is 16.5. The van der Waals surface area contributed by atoms with Gasteiger partial charge in [0.05, 0.1) is 12.2 Å². The summed E-state index contributed by atoms with van der Waals surface area (Å²) in [5, 5.41) is 9.48. The van der Waals surface area contributed by atoms with E-state index in [4.69, 9.17) is 4.74 Å². The molecule has 0 spiro atoms. The van der Waals surface area contributed by atoms with Crippen LogP contribution in [0.2, 0.25) is 0 Å². The first-order chi connectivity index (χ1) is 14.2. The van der Waals surface area contributed by atoms with Crippen molar-refractivity contribution >= 4 is 12.3 Å². The lowest BCUT2D eigenvalue weighted by Gasteiger charge is -2.06. The molecule has 164 valence electrons. The van der Waals surface area contributed by atoms with Crippen LogP contribution >= 0.6 is 0 Å². The van der Waals surface area contributed by atoms with Crippen LogP contribution in [0.1, 0.15) is 113 Å². The first-order valence-electron chi connectivity index (χ1n) is 11.6. The molecular weight excluding hydrogens is 364 g/mol. The molecule has 1 aromatic carbocycles. The van der Waals surface area contributed by atoms with Gasteiger partial charge < -0.3 is 9.84 Å². The number of carbonyl (C=O) groups excluding carboxylic acids is 2. The van der Waals surface area contributed by atoms with Gasteiger partial charge in [-0.2, -0.15) is 0 Å². The van der Waals surface area contributed by atoms with Crippen LogP contribution in [-0.2, 0) is 16.0 Å². The molecule has 0 fully saturated rings. The number of benzene rings is 1. The van der Waals surface area contributed by atoms with E-state index >= 15 is 0 Å². The van der Waals surface area contributed by atoms with E-state index in [0.717, 1.165) is 18.4 Å². The van der Waals surface area contributed by atoms with E-state index in [1.165, 1.54) is 76.7 Å². The molecule has 29 heavy (non-hydrogen) atoms. The van der Waals surface area contributed by atoms with E-state index in [0.29, 0.717) is 25.7 Å². The number of ether oxygens (including phenoxy) is 1. The highest BCUT2D eigenvalue weighted by Crippen LogP contribution is 2.17. The zero-order valence-corrected chi connectivity index (χ0v) is 18.3. The molecule has 0 aliphatic rings. The van der Waals surface area contributed by atoms with E-state index in [1.54, 1.807) is 12.1 Å². The number of aromatic hydroxyl groups is 1. The van der Waals surface area contributed by atoms with Crippen LogP contribution in [0, 0.1) is 0 Å². The summed E-state index contributed by atoms with van der Waals surface area (Å²) in [6, 6.07) is 4.86. The van der Waals surface area contributed by atoms with Gasteiger partial charge in [-0.3, -0.25) is 9.59 Å². The van der Waals surface area contributed by atoms with Crippen molar-refractivity contribution in [3.05, 3.63) is 29.3 Å². The fourth-order valence-corrected chi connectivity index (χ4v) is 3.50. The van der Waals surface area contributed by atoms with Crippen LogP contribution < -0.4 is 0 Å². The molecule has 1 N–H and O–H groups in total. The molecule has 4 nitrogen and oxygen atoms in total. The van der Waals surface area contributed by atoms with Crippen LogP contribution in [0.3, 0.4) is 0 Å². The Morgan fingerprint density at radius 3 is 2.00 bits per heavy atom. The second-order valence-electron chi connectivity index (χ2n) is 7.97. The summed E-state index contributed by atoms with van der Waals surface area (Å²) < 4.78 is 5.27. The van der Waals surface area contributed by atoms with Crippen LogP contribution in [0.5, 0.6) is 5.75 Å². The number of phenols is 1. The Kier molecular flexibility index (Phi) is 14.8. The van der Waals surface area contributed by atoms with E-state index in [9.17, 15) is 14.7 Å². The van der Waals surface area contributed by atoms with Crippen LogP contribution in [0.4, 0.5) is 0 Å². The predicted octanol–water partition coefficient (Wildman–Crippen LogP) is 6.77. The van der Waals surface area contributed by atoms with Gasteiger partial charge in [-0.25, -0.2) is 0 Å². The van der Waals surface area contributed by atoms with Gasteiger partial charge in [0.2, 0.25) is 0 Å². The molecule has 0 aliphatic heterocycles. The van der Waals surface area contributed by atoms with E-state index < -0.39 is 0 Å². The van der Waals surface area contributed by atoms with Crippen molar-refractivity contribution in [3.63, 3.8) is 0 Å². The third-order valence-corrected chi connectivity index (χ3v) is 5.36. The topological polar surface area (TPSA) is 63.6 Å². The lowest BCUT2D eigenvalue weighted by Crippen LogP contribution is -2.07. The third-order valence-electron chi connectivity index (χ3n) is 5.36. The number of hydrogen-bond acceptors (Lipinski definition) is 4. The first kappa shape index (κ1) is 25.2. The monoisotopic (exact) mass is 404 g/mol. The van der Waals surface area contributed by atoms with Gasteiger partial charge in [0.15, 0.2) is 6.29 Å². The Labute approximate surface area is 177 Å². The van der Waals surface area contributed by atoms with Crippen LogP contribution in [0.25, 0.3) is 0 Å². The fourth-order valence-electron chi connectivity index (χ4n) is 3.50. The number of hydrogen-bond donors (Lipinski definition) is 1. The maximum Gasteiger partial charge on any atom is 0.305 e. The summed E-state index contributed by atoms with van der Waals surface area (Å²) in [5.74, 6) is -0.175. The number of aldehydes is 1. The Morgan fingerprint density at radius 1 is 0.897 bits per heavy atom. The van der Waals surface area contributed by atoms with Crippen LogP contribution in [-0.4, -0.2) is 24.0 Å². The average molecular weight is 405 g/mol. The molecule has 0 saturated heterocycles. The molecule has 0 heterocycles. The van der Waals surface area contributed by atoms with Gasteiger partial charge in [-0.15, -0.1) is 0 Å². The van der Waals surface area contributed by atoms with Gasteiger partial charge >= 0.3 is 5.97 Å². The number of carbonyl (C=O) groups is 2. The molecule has 1 rings (SSSR count). The van der Waals surface area contributed by atoms with Crippen molar-refractivity contribution < 1.29 is 19.4 Å². The van der Waals surface area contributed by atoms with Gasteiger partial charge in [0, 0.05) is 12.8 Å². The third kappa shape index (κ3) is 13.1. The van der Waals surface area contributed by atoms with Crippen molar-refractivity contribution in [2.45, 2.75) is 103 Å². The summed E-state index contributed by atoms with van der Waals surface area (Å²) in [4.78, 5) is 22.6. The normalized spacial score (nSPS) is 10.8. The minimum Gasteiger partial charge on any atom is -0.507 e. The minimum atomic E-state index is -0.150. The highest BCUT2D eigenvalue weighted by molar-refractivity contribution is 5.79. The van der Waals surface area contributed by atoms with Gasteiger partial charge in [-0.05, 0) is 24.1 Å². The average Bonchev–Trinajstić information content (AvgIpc) is 2.72. The SMILES string of the molecule is CCCCCCCCCCCCCCCC(=O)OCCc1ccc(O)c(C=O)c1. The summed E-state index contributed by atoms with van der Waals surface area (Å²) in [6.45, 7) is 2.56. The molecule has 0 bridgehead atoms. The second-order valence-corrected chi connectivity index (χ2v) is 7.97. The lowest BCUT2D eigenvalue weighted by atomic mass is 10.0. The van der Waals surface area contributed by atoms with E-state index in [-0.39, 0.29) is 17.3 Å². The Bertz CT molecular complexity index is 568. The maximum absolute atomic E-state index is 11.8. The zero-order valence-electron chi connectivity index (χ0n) is 18.3. The number of unbranched alkanes of at least 4 members (excludes halogenated alkanes) is 12. The summed E-state index contributed by atoms with van der Waals surface area (Å²) >= 11 is 0. The Balaban J connectivity index is 1.91. The highest BCUT2D eigenvalue weighted by Gasteiger charge is 2.05. The molecular formula is C25H40O4. The molecule has 0 radical (unpaired) electrons. The van der Waals surface area contributed by atoms with Crippen molar-refractivity contribution in [3.8, 4) is 5.75 Å². The minimum absolute atomic E-state index is 0.0249. The molecule has 0 aromatic heterocycles. The smallest absolute Gasteiger partial charge is 0.305 e. The summed E-state index contributed by atoms with van der Waals surface area (Å²) in [5.41, 5.74) is 1.14. The van der Waals surface area contributed by atoms with Gasteiger partial charge in [0.25, 0.3) is 0 Å². The molecule has 0 unspecified atom stereocenters. The lowest BCUT2D eigenvalue weighted by molar-refractivity contribution is -0.143. The van der Waals surface area contributed by atoms with Crippen molar-refractivity contribution in [2.75, 3.05) is 6.61 Å². The van der Waals surface area contributed by atoms with Crippen molar-refractivity contribution in [1.29, 1.82) is 0 Å². The molecule has 0 aliphatic carbocycles. The quantitative estimate of drug-likeness (QED) is 0.166. The molecule has 0 saturated carbocycles. The Morgan fingerprint density at radius 2 is 1.45 bits per heavy atom. The fraction of sp³-hybridized carbons (Fsp3) is 0.680. The van der Waals surface area contributed by atoms with Crippen LogP contribution in [0.15, 0.2) is 18.2 Å². The molecule has 4 heteroatoms. The van der Waals surface area contributed by atoms with E-state index in [2.05, 4.69) is 6.92 Å².